The van der Waals surface area contributed by atoms with Gasteiger partial charge in [-0.25, -0.2) is 0 Å². The maximum Gasteiger partial charge on any atom is 0.0285 e. The lowest BCUT2D eigenvalue weighted by atomic mass is 10.5. The summed E-state index contributed by atoms with van der Waals surface area (Å²) in [6.07, 6.45) is 5.38. The van der Waals surface area contributed by atoms with Crippen molar-refractivity contribution in [3.63, 3.8) is 0 Å². The average Bonchev–Trinajstić information content (AvgIpc) is 1.89. The van der Waals surface area contributed by atoms with E-state index >= 15 is 0 Å². The van der Waals surface area contributed by atoms with E-state index in [1.54, 1.807) is 19.3 Å². The molecule has 9 heavy (non-hydrogen) atoms. The van der Waals surface area contributed by atoms with Gasteiger partial charge in [0, 0.05) is 19.8 Å². The summed E-state index contributed by atoms with van der Waals surface area (Å²) < 4.78 is 0. The molecular formula is C7H12N2. The van der Waals surface area contributed by atoms with Crippen molar-refractivity contribution in [2.75, 3.05) is 20.6 Å². The van der Waals surface area contributed by atoms with Crippen LogP contribution in [0.15, 0.2) is 22.9 Å². The van der Waals surface area contributed by atoms with Crippen LogP contribution in [0.3, 0.4) is 0 Å². The van der Waals surface area contributed by atoms with Crippen LogP contribution in [0, 0.1) is 0 Å². The summed E-state index contributed by atoms with van der Waals surface area (Å²) in [5.41, 5.74) is 2.93. The molecule has 0 fully saturated rings. The second-order valence-electron chi connectivity index (χ2n) is 1.50. The Morgan fingerprint density at radius 1 is 1.67 bits per heavy atom. The van der Waals surface area contributed by atoms with Crippen LogP contribution in [0.5, 0.6) is 0 Å². The third-order valence-corrected chi connectivity index (χ3v) is 0.744. The van der Waals surface area contributed by atoms with Crippen LogP contribution in [0.1, 0.15) is 0 Å². The molecule has 0 aromatic heterocycles. The van der Waals surface area contributed by atoms with Gasteiger partial charge in [0.15, 0.2) is 0 Å². The van der Waals surface area contributed by atoms with Crippen molar-refractivity contribution in [1.82, 2.24) is 5.32 Å². The van der Waals surface area contributed by atoms with Crippen LogP contribution in [0.4, 0.5) is 0 Å². The standard InChI is InChI=1S/C7H12N2/c1-8-6-4-3-5-7-9-2/h4-6,9H,7H2,1-2H3. The lowest BCUT2D eigenvalue weighted by molar-refractivity contribution is 0.921. The van der Waals surface area contributed by atoms with Crippen LogP contribution >= 0.6 is 0 Å². The van der Waals surface area contributed by atoms with E-state index in [4.69, 9.17) is 0 Å². The Balaban J connectivity index is 3.41. The number of nitrogens with one attached hydrogen (secondary N) is 1. The Hall–Kier alpha value is -0.850. The summed E-state index contributed by atoms with van der Waals surface area (Å²) in [4.78, 5) is 3.75. The van der Waals surface area contributed by atoms with Crippen molar-refractivity contribution in [2.45, 2.75) is 0 Å². The highest BCUT2D eigenvalue weighted by atomic mass is 14.8. The van der Waals surface area contributed by atoms with Gasteiger partial charge in [-0.05, 0) is 19.2 Å². The first-order chi connectivity index (χ1) is 4.41. The Kier molecular flexibility index (Phi) is 6.47. The number of aliphatic imine (C=N–C) groups is 1. The lowest BCUT2D eigenvalue weighted by Gasteiger charge is -1.80. The Morgan fingerprint density at radius 2 is 2.44 bits per heavy atom. The molecule has 0 aliphatic heterocycles. The van der Waals surface area contributed by atoms with E-state index in [0.29, 0.717) is 0 Å². The highest BCUT2D eigenvalue weighted by Crippen LogP contribution is 1.62. The third kappa shape index (κ3) is 7.15. The van der Waals surface area contributed by atoms with Crippen molar-refractivity contribution in [2.24, 2.45) is 4.99 Å². The monoisotopic (exact) mass is 124 g/mol. The number of hydrogen-bond acceptors (Lipinski definition) is 2. The molecule has 0 aliphatic carbocycles. The van der Waals surface area contributed by atoms with E-state index < -0.39 is 0 Å². The lowest BCUT2D eigenvalue weighted by Crippen LogP contribution is -2.03. The minimum absolute atomic E-state index is 0.855. The van der Waals surface area contributed by atoms with E-state index in [0.717, 1.165) is 6.54 Å². The molecule has 50 valence electrons. The van der Waals surface area contributed by atoms with Crippen LogP contribution in [-0.2, 0) is 0 Å². The molecule has 0 rings (SSSR count). The minimum atomic E-state index is 0.855. The quantitative estimate of drug-likeness (QED) is 0.433. The second kappa shape index (κ2) is 7.15. The summed E-state index contributed by atoms with van der Waals surface area (Å²) in [5, 5.41) is 2.96. The van der Waals surface area contributed by atoms with Gasteiger partial charge < -0.3 is 5.32 Å². The number of nitrogens with zero attached hydrogens (tertiary/aromatic N) is 1. The molecule has 0 radical (unpaired) electrons. The SMILES string of the molecule is CN=CC=C=CCNC. The molecule has 0 saturated carbocycles. The summed E-state index contributed by atoms with van der Waals surface area (Å²) in [7, 11) is 3.63. The second-order valence-corrected chi connectivity index (χ2v) is 1.50. The van der Waals surface area contributed by atoms with E-state index in [9.17, 15) is 0 Å². The van der Waals surface area contributed by atoms with Gasteiger partial charge in [0.1, 0.15) is 0 Å². The van der Waals surface area contributed by atoms with Crippen LogP contribution < -0.4 is 5.32 Å². The summed E-state index contributed by atoms with van der Waals surface area (Å²) in [5.74, 6) is 0. The fourth-order valence-corrected chi connectivity index (χ4v) is 0.347. The Labute approximate surface area is 56.0 Å². The number of likely N-dealkylation sites (N-methyl/N-ethyl adjacent to an activating group) is 1. The van der Waals surface area contributed by atoms with Gasteiger partial charge in [-0.3, -0.25) is 4.99 Å². The first-order valence-electron chi connectivity index (χ1n) is 2.88. The zero-order valence-corrected chi connectivity index (χ0v) is 5.89. The van der Waals surface area contributed by atoms with E-state index in [1.807, 2.05) is 13.1 Å². The predicted octanol–water partition coefficient (Wildman–Crippen LogP) is 0.618. The molecule has 0 saturated heterocycles. The van der Waals surface area contributed by atoms with Crippen molar-refractivity contribution in [3.8, 4) is 0 Å². The van der Waals surface area contributed by atoms with Gasteiger partial charge in [0.25, 0.3) is 0 Å². The molecule has 0 spiro atoms. The molecule has 0 aliphatic rings. The maximum atomic E-state index is 3.75. The molecule has 0 unspecified atom stereocenters. The van der Waals surface area contributed by atoms with Gasteiger partial charge >= 0.3 is 0 Å². The van der Waals surface area contributed by atoms with Crippen LogP contribution in [0.25, 0.3) is 0 Å². The van der Waals surface area contributed by atoms with Gasteiger partial charge in [-0.15, -0.1) is 5.73 Å². The number of rotatable bonds is 3. The smallest absolute Gasteiger partial charge is 0.0285 e. The highest BCUT2D eigenvalue weighted by molar-refractivity contribution is 5.70. The van der Waals surface area contributed by atoms with Crippen molar-refractivity contribution in [3.05, 3.63) is 17.9 Å². The molecule has 0 aromatic rings. The fraction of sp³-hybridized carbons (Fsp3) is 0.429. The minimum Gasteiger partial charge on any atom is -0.316 e. The molecule has 0 atom stereocenters. The van der Waals surface area contributed by atoms with Crippen LogP contribution in [-0.4, -0.2) is 26.9 Å². The Morgan fingerprint density at radius 3 is 3.00 bits per heavy atom. The van der Waals surface area contributed by atoms with Gasteiger partial charge in [0.05, 0.1) is 0 Å². The van der Waals surface area contributed by atoms with Gasteiger partial charge in [-0.1, -0.05) is 0 Å². The average molecular weight is 124 g/mol. The van der Waals surface area contributed by atoms with Crippen molar-refractivity contribution in [1.29, 1.82) is 0 Å². The molecule has 2 nitrogen and oxygen atoms in total. The van der Waals surface area contributed by atoms with E-state index in [1.165, 1.54) is 0 Å². The molecule has 0 amide bonds. The zero-order chi connectivity index (χ0) is 6.95. The van der Waals surface area contributed by atoms with Crippen LogP contribution in [0.2, 0.25) is 0 Å². The molecule has 1 N–H and O–H groups in total. The molecule has 2 heteroatoms. The number of hydrogen-bond donors (Lipinski definition) is 1. The Bertz CT molecular complexity index is 130. The summed E-state index contributed by atoms with van der Waals surface area (Å²) >= 11 is 0. The zero-order valence-electron chi connectivity index (χ0n) is 5.89. The third-order valence-electron chi connectivity index (χ3n) is 0.744. The molecule has 0 heterocycles. The molecule has 0 bridgehead atoms. The topological polar surface area (TPSA) is 24.4 Å². The van der Waals surface area contributed by atoms with Gasteiger partial charge in [-0.2, -0.15) is 0 Å². The fourth-order valence-electron chi connectivity index (χ4n) is 0.347. The first-order valence-corrected chi connectivity index (χ1v) is 2.88. The molecule has 0 aromatic carbocycles. The van der Waals surface area contributed by atoms with E-state index in [-0.39, 0.29) is 0 Å². The largest absolute Gasteiger partial charge is 0.316 e. The van der Waals surface area contributed by atoms with E-state index in [2.05, 4.69) is 16.0 Å². The summed E-state index contributed by atoms with van der Waals surface area (Å²) in [6, 6.07) is 0. The van der Waals surface area contributed by atoms with Crippen molar-refractivity contribution >= 4 is 6.21 Å². The molecular weight excluding hydrogens is 112 g/mol. The normalized spacial score (nSPS) is 9.11. The summed E-state index contributed by atoms with van der Waals surface area (Å²) in [6.45, 7) is 0.855. The predicted molar refractivity (Wildman–Crippen MR) is 41.0 cm³/mol. The first kappa shape index (κ1) is 8.15. The highest BCUT2D eigenvalue weighted by Gasteiger charge is 1.62. The van der Waals surface area contributed by atoms with Gasteiger partial charge in [0.2, 0.25) is 0 Å². The van der Waals surface area contributed by atoms with Crippen molar-refractivity contribution < 1.29 is 0 Å². The maximum absolute atomic E-state index is 3.75.